The molecule has 2 rings (SSSR count). The molecular weight excluding hydrogens is 226 g/mol. The van der Waals surface area contributed by atoms with Crippen LogP contribution in [0, 0.1) is 0 Å². The van der Waals surface area contributed by atoms with Gasteiger partial charge in [-0.1, -0.05) is 31.0 Å². The lowest BCUT2D eigenvalue weighted by molar-refractivity contribution is 0.116. The van der Waals surface area contributed by atoms with Crippen molar-refractivity contribution < 1.29 is 9.84 Å². The molecule has 1 fully saturated rings. The van der Waals surface area contributed by atoms with Gasteiger partial charge in [-0.15, -0.1) is 0 Å². The number of methoxy groups -OCH3 is 1. The molecule has 0 spiro atoms. The molecule has 0 amide bonds. The van der Waals surface area contributed by atoms with Gasteiger partial charge in [0.25, 0.3) is 0 Å². The first-order chi connectivity index (χ1) is 8.81. The Bertz CT molecular complexity index is 367. The Labute approximate surface area is 109 Å². The SMILES string of the molecule is COCCc1ccccc1N[C@@H]1CCCC[C@H]1O. The average Bonchev–Trinajstić information content (AvgIpc) is 2.40. The van der Waals surface area contributed by atoms with Crippen molar-refractivity contribution in [1.82, 2.24) is 0 Å². The summed E-state index contributed by atoms with van der Waals surface area (Å²) in [6.45, 7) is 0.728. The standard InChI is InChI=1S/C15H23NO2/c1-18-11-10-12-6-2-3-7-13(12)16-14-8-4-5-9-15(14)17/h2-3,6-7,14-17H,4-5,8-11H2,1H3/t14-,15-/m1/s1. The molecule has 1 aromatic carbocycles. The van der Waals surface area contributed by atoms with Crippen molar-refractivity contribution in [3.05, 3.63) is 29.8 Å². The second-order valence-electron chi connectivity index (χ2n) is 5.00. The third-order valence-electron chi connectivity index (χ3n) is 3.66. The lowest BCUT2D eigenvalue weighted by Gasteiger charge is -2.30. The van der Waals surface area contributed by atoms with E-state index in [9.17, 15) is 5.11 Å². The average molecular weight is 249 g/mol. The minimum absolute atomic E-state index is 0.197. The number of para-hydroxylation sites is 1. The highest BCUT2D eigenvalue weighted by Crippen LogP contribution is 2.24. The molecule has 100 valence electrons. The van der Waals surface area contributed by atoms with E-state index in [4.69, 9.17) is 4.74 Å². The first kappa shape index (κ1) is 13.4. The molecule has 0 aliphatic heterocycles. The van der Waals surface area contributed by atoms with Crippen LogP contribution in [0.15, 0.2) is 24.3 Å². The molecule has 1 saturated carbocycles. The molecule has 2 N–H and O–H groups in total. The summed E-state index contributed by atoms with van der Waals surface area (Å²) < 4.78 is 5.13. The van der Waals surface area contributed by atoms with Gasteiger partial charge in [0.15, 0.2) is 0 Å². The van der Waals surface area contributed by atoms with Gasteiger partial charge in [0.2, 0.25) is 0 Å². The second-order valence-corrected chi connectivity index (χ2v) is 5.00. The number of hydrogen-bond donors (Lipinski definition) is 2. The van der Waals surface area contributed by atoms with Crippen molar-refractivity contribution in [2.75, 3.05) is 19.0 Å². The molecular formula is C15H23NO2. The number of hydrogen-bond acceptors (Lipinski definition) is 3. The van der Waals surface area contributed by atoms with Gasteiger partial charge in [-0.25, -0.2) is 0 Å². The van der Waals surface area contributed by atoms with E-state index in [2.05, 4.69) is 17.4 Å². The maximum Gasteiger partial charge on any atom is 0.0741 e. The molecule has 3 heteroatoms. The van der Waals surface area contributed by atoms with Crippen molar-refractivity contribution in [2.45, 2.75) is 44.2 Å². The van der Waals surface area contributed by atoms with Crippen LogP contribution < -0.4 is 5.32 Å². The fraction of sp³-hybridized carbons (Fsp3) is 0.600. The van der Waals surface area contributed by atoms with Crippen LogP contribution in [-0.2, 0) is 11.2 Å². The summed E-state index contributed by atoms with van der Waals surface area (Å²) in [5, 5.41) is 13.5. The van der Waals surface area contributed by atoms with Crippen molar-refractivity contribution in [3.63, 3.8) is 0 Å². The molecule has 0 saturated heterocycles. The Morgan fingerprint density at radius 1 is 1.28 bits per heavy atom. The van der Waals surface area contributed by atoms with Crippen molar-refractivity contribution in [1.29, 1.82) is 0 Å². The third-order valence-corrected chi connectivity index (χ3v) is 3.66. The monoisotopic (exact) mass is 249 g/mol. The van der Waals surface area contributed by atoms with E-state index in [-0.39, 0.29) is 12.1 Å². The van der Waals surface area contributed by atoms with Gasteiger partial charge >= 0.3 is 0 Å². The van der Waals surface area contributed by atoms with Gasteiger partial charge in [-0.3, -0.25) is 0 Å². The van der Waals surface area contributed by atoms with Gasteiger partial charge in [0, 0.05) is 12.8 Å². The summed E-state index contributed by atoms with van der Waals surface area (Å²) in [4.78, 5) is 0. The number of benzene rings is 1. The zero-order valence-corrected chi connectivity index (χ0v) is 11.1. The molecule has 3 nitrogen and oxygen atoms in total. The van der Waals surface area contributed by atoms with Crippen molar-refractivity contribution in [3.8, 4) is 0 Å². The van der Waals surface area contributed by atoms with Gasteiger partial charge < -0.3 is 15.2 Å². The second kappa shape index (κ2) is 6.76. The molecule has 1 aliphatic rings. The first-order valence-electron chi connectivity index (χ1n) is 6.82. The van der Waals surface area contributed by atoms with Gasteiger partial charge in [-0.2, -0.15) is 0 Å². The van der Waals surface area contributed by atoms with E-state index in [0.717, 1.165) is 38.0 Å². The number of rotatable bonds is 5. The molecule has 1 aliphatic carbocycles. The Morgan fingerprint density at radius 3 is 2.83 bits per heavy atom. The highest BCUT2D eigenvalue weighted by Gasteiger charge is 2.23. The highest BCUT2D eigenvalue weighted by molar-refractivity contribution is 5.52. The maximum atomic E-state index is 10.0. The third kappa shape index (κ3) is 3.47. The zero-order chi connectivity index (χ0) is 12.8. The summed E-state index contributed by atoms with van der Waals surface area (Å²) in [5.41, 5.74) is 2.40. The smallest absolute Gasteiger partial charge is 0.0741 e. The normalized spacial score (nSPS) is 23.9. The summed E-state index contributed by atoms with van der Waals surface area (Å²) in [5.74, 6) is 0. The predicted molar refractivity (Wildman–Crippen MR) is 73.9 cm³/mol. The maximum absolute atomic E-state index is 10.0. The van der Waals surface area contributed by atoms with Crippen LogP contribution >= 0.6 is 0 Å². The summed E-state index contributed by atoms with van der Waals surface area (Å²) in [7, 11) is 1.72. The predicted octanol–water partition coefficient (Wildman–Crippen LogP) is 2.59. The van der Waals surface area contributed by atoms with Crippen LogP contribution in [0.4, 0.5) is 5.69 Å². The van der Waals surface area contributed by atoms with E-state index in [1.807, 2.05) is 12.1 Å². The first-order valence-corrected chi connectivity index (χ1v) is 6.82. The Hall–Kier alpha value is -1.06. The number of ether oxygens (including phenoxy) is 1. The fourth-order valence-corrected chi connectivity index (χ4v) is 2.57. The minimum Gasteiger partial charge on any atom is -0.391 e. The van der Waals surface area contributed by atoms with Crippen LogP contribution in [-0.4, -0.2) is 31.0 Å². The van der Waals surface area contributed by atoms with Crippen LogP contribution in [0.2, 0.25) is 0 Å². The topological polar surface area (TPSA) is 41.5 Å². The largest absolute Gasteiger partial charge is 0.391 e. The molecule has 0 bridgehead atoms. The molecule has 0 unspecified atom stereocenters. The van der Waals surface area contributed by atoms with Gasteiger partial charge in [0.1, 0.15) is 0 Å². The van der Waals surface area contributed by atoms with Crippen LogP contribution in [0.5, 0.6) is 0 Å². The van der Waals surface area contributed by atoms with E-state index < -0.39 is 0 Å². The lowest BCUT2D eigenvalue weighted by Crippen LogP contribution is -2.36. The van der Waals surface area contributed by atoms with E-state index >= 15 is 0 Å². The molecule has 2 atom stereocenters. The summed E-state index contributed by atoms with van der Waals surface area (Å²) in [6.07, 6.45) is 5.01. The Balaban J connectivity index is 2.03. The molecule has 0 radical (unpaired) electrons. The zero-order valence-electron chi connectivity index (χ0n) is 11.1. The number of anilines is 1. The van der Waals surface area contributed by atoms with Crippen LogP contribution in [0.1, 0.15) is 31.2 Å². The van der Waals surface area contributed by atoms with Gasteiger partial charge in [-0.05, 0) is 30.9 Å². The summed E-state index contributed by atoms with van der Waals surface area (Å²) in [6, 6.07) is 8.49. The number of nitrogens with one attached hydrogen (secondary N) is 1. The number of aliphatic hydroxyl groups is 1. The van der Waals surface area contributed by atoms with Crippen LogP contribution in [0.25, 0.3) is 0 Å². The minimum atomic E-state index is -0.214. The van der Waals surface area contributed by atoms with Gasteiger partial charge in [0.05, 0.1) is 18.8 Å². The molecule has 1 aromatic rings. The Morgan fingerprint density at radius 2 is 2.06 bits per heavy atom. The van der Waals surface area contributed by atoms with Crippen molar-refractivity contribution in [2.24, 2.45) is 0 Å². The summed E-state index contributed by atoms with van der Waals surface area (Å²) >= 11 is 0. The van der Waals surface area contributed by atoms with Crippen molar-refractivity contribution >= 4 is 5.69 Å². The number of aliphatic hydroxyl groups excluding tert-OH is 1. The quantitative estimate of drug-likeness (QED) is 0.843. The molecule has 0 aromatic heterocycles. The fourth-order valence-electron chi connectivity index (χ4n) is 2.57. The van der Waals surface area contributed by atoms with E-state index in [0.29, 0.717) is 0 Å². The lowest BCUT2D eigenvalue weighted by atomic mass is 9.92. The molecule has 0 heterocycles. The molecule has 18 heavy (non-hydrogen) atoms. The van der Waals surface area contributed by atoms with E-state index in [1.54, 1.807) is 7.11 Å². The van der Waals surface area contributed by atoms with E-state index in [1.165, 1.54) is 12.0 Å². The Kier molecular flexibility index (Phi) is 5.02. The van der Waals surface area contributed by atoms with Crippen LogP contribution in [0.3, 0.4) is 0 Å². The highest BCUT2D eigenvalue weighted by atomic mass is 16.5.